The Morgan fingerprint density at radius 1 is 1.44 bits per heavy atom. The number of carbonyl (C=O) groups is 1. The summed E-state index contributed by atoms with van der Waals surface area (Å²) in [6, 6.07) is 9.92. The highest BCUT2D eigenvalue weighted by atomic mass is 16.5. The van der Waals surface area contributed by atoms with Crippen LogP contribution in [0.5, 0.6) is 0 Å². The van der Waals surface area contributed by atoms with E-state index in [1.54, 1.807) is 0 Å². The van der Waals surface area contributed by atoms with Crippen molar-refractivity contribution >= 4 is 6.09 Å². The summed E-state index contributed by atoms with van der Waals surface area (Å²) in [5.41, 5.74) is 0.686. The van der Waals surface area contributed by atoms with E-state index in [9.17, 15) is 4.79 Å². The summed E-state index contributed by atoms with van der Waals surface area (Å²) >= 11 is 0. The lowest BCUT2D eigenvalue weighted by Gasteiger charge is -2.31. The molecule has 0 unspecified atom stereocenters. The number of hydrogen-bond acceptors (Lipinski definition) is 2. The Balaban J connectivity index is 1.94. The van der Waals surface area contributed by atoms with Gasteiger partial charge >= 0.3 is 6.09 Å². The average Bonchev–Trinajstić information content (AvgIpc) is 2.89. The molecule has 84 valence electrons. The van der Waals surface area contributed by atoms with Crippen molar-refractivity contribution in [3.8, 4) is 0 Å². The van der Waals surface area contributed by atoms with E-state index in [1.165, 1.54) is 4.90 Å². The molecule has 0 aliphatic carbocycles. The highest BCUT2D eigenvalue weighted by Gasteiger charge is 2.53. The molecule has 2 fully saturated rings. The van der Waals surface area contributed by atoms with Gasteiger partial charge in [0.05, 0.1) is 19.2 Å². The van der Waals surface area contributed by atoms with Gasteiger partial charge in [0.1, 0.15) is 5.60 Å². The van der Waals surface area contributed by atoms with Gasteiger partial charge in [0.15, 0.2) is 0 Å². The fourth-order valence-corrected chi connectivity index (χ4v) is 2.73. The third-order valence-corrected chi connectivity index (χ3v) is 3.53. The van der Waals surface area contributed by atoms with Gasteiger partial charge in [-0.15, -0.1) is 0 Å². The van der Waals surface area contributed by atoms with Gasteiger partial charge in [0, 0.05) is 6.42 Å². The molecule has 2 aliphatic heterocycles. The van der Waals surface area contributed by atoms with Crippen LogP contribution in [-0.4, -0.2) is 35.3 Å². The molecule has 16 heavy (non-hydrogen) atoms. The molecule has 0 saturated carbocycles. The number of hydrogen-bond donors (Lipinski definition) is 1. The number of benzene rings is 1. The Morgan fingerprint density at radius 2 is 2.19 bits per heavy atom. The lowest BCUT2D eigenvalue weighted by Crippen LogP contribution is -2.43. The maximum absolute atomic E-state index is 11.0. The molecule has 4 nitrogen and oxygen atoms in total. The van der Waals surface area contributed by atoms with Gasteiger partial charge in [-0.25, -0.2) is 4.79 Å². The third-order valence-electron chi connectivity index (χ3n) is 3.53. The third kappa shape index (κ3) is 1.23. The van der Waals surface area contributed by atoms with Crippen molar-refractivity contribution in [3.05, 3.63) is 35.9 Å². The molecule has 2 bridgehead atoms. The van der Waals surface area contributed by atoms with Crippen LogP contribution < -0.4 is 0 Å². The van der Waals surface area contributed by atoms with Crippen molar-refractivity contribution in [1.82, 2.24) is 4.90 Å². The van der Waals surface area contributed by atoms with E-state index in [-0.39, 0.29) is 6.04 Å². The van der Waals surface area contributed by atoms with Crippen LogP contribution in [0.1, 0.15) is 12.0 Å². The molecular weight excluding hydrogens is 206 g/mol. The Bertz CT molecular complexity index is 420. The topological polar surface area (TPSA) is 49.8 Å². The second-order valence-corrected chi connectivity index (χ2v) is 4.44. The minimum Gasteiger partial charge on any atom is -0.465 e. The van der Waals surface area contributed by atoms with E-state index in [0.717, 1.165) is 12.0 Å². The first-order valence-electron chi connectivity index (χ1n) is 5.40. The van der Waals surface area contributed by atoms with Crippen molar-refractivity contribution in [2.45, 2.75) is 18.1 Å². The molecule has 2 saturated heterocycles. The van der Waals surface area contributed by atoms with Crippen LogP contribution >= 0.6 is 0 Å². The maximum Gasteiger partial charge on any atom is 0.407 e. The smallest absolute Gasteiger partial charge is 0.407 e. The Kier molecular flexibility index (Phi) is 1.94. The maximum atomic E-state index is 11.0. The highest BCUT2D eigenvalue weighted by molar-refractivity contribution is 5.66. The Hall–Kier alpha value is -1.55. The van der Waals surface area contributed by atoms with Gasteiger partial charge in [-0.05, 0) is 5.56 Å². The molecule has 1 N–H and O–H groups in total. The number of fused-ring (bicyclic) bond motifs is 2. The highest BCUT2D eigenvalue weighted by Crippen LogP contribution is 2.44. The van der Waals surface area contributed by atoms with Gasteiger partial charge in [-0.1, -0.05) is 30.3 Å². The van der Waals surface area contributed by atoms with Crippen molar-refractivity contribution in [1.29, 1.82) is 0 Å². The van der Waals surface area contributed by atoms with Crippen LogP contribution in [0.25, 0.3) is 0 Å². The summed E-state index contributed by atoms with van der Waals surface area (Å²) in [4.78, 5) is 12.5. The SMILES string of the molecule is O=C(O)N1C[C@]2(c3ccccc3)C[C@H]1CO2. The first-order chi connectivity index (χ1) is 7.71. The first-order valence-corrected chi connectivity index (χ1v) is 5.40. The monoisotopic (exact) mass is 219 g/mol. The predicted molar refractivity (Wildman–Crippen MR) is 57.2 cm³/mol. The number of morpholine rings is 1. The summed E-state index contributed by atoms with van der Waals surface area (Å²) in [7, 11) is 0. The van der Waals surface area contributed by atoms with Crippen LogP contribution in [0.4, 0.5) is 4.79 Å². The number of likely N-dealkylation sites (tertiary alicyclic amines) is 1. The Morgan fingerprint density at radius 3 is 2.81 bits per heavy atom. The van der Waals surface area contributed by atoms with Crippen LogP contribution in [0.15, 0.2) is 30.3 Å². The molecule has 1 aromatic rings. The lowest BCUT2D eigenvalue weighted by atomic mass is 9.93. The molecule has 0 spiro atoms. The number of carboxylic acid groups (broad SMARTS) is 1. The molecule has 3 rings (SSSR count). The number of nitrogens with zero attached hydrogens (tertiary/aromatic N) is 1. The minimum absolute atomic E-state index is 0.0257. The van der Waals surface area contributed by atoms with Crippen molar-refractivity contribution in [3.63, 3.8) is 0 Å². The first kappa shape index (κ1) is 9.66. The second-order valence-electron chi connectivity index (χ2n) is 4.44. The van der Waals surface area contributed by atoms with E-state index < -0.39 is 11.7 Å². The zero-order chi connectivity index (χ0) is 11.2. The molecule has 2 aliphatic rings. The van der Waals surface area contributed by atoms with Gasteiger partial charge in [-0.2, -0.15) is 0 Å². The summed E-state index contributed by atoms with van der Waals surface area (Å²) in [6.07, 6.45) is -0.0605. The van der Waals surface area contributed by atoms with E-state index >= 15 is 0 Å². The molecular formula is C12H13NO3. The Labute approximate surface area is 93.4 Å². The van der Waals surface area contributed by atoms with E-state index in [0.29, 0.717) is 13.2 Å². The van der Waals surface area contributed by atoms with Crippen LogP contribution in [0, 0.1) is 0 Å². The fraction of sp³-hybridized carbons (Fsp3) is 0.417. The molecule has 2 heterocycles. The van der Waals surface area contributed by atoms with Gasteiger partial charge in [-0.3, -0.25) is 4.90 Å². The molecule has 2 atom stereocenters. The normalized spacial score (nSPS) is 32.0. The van der Waals surface area contributed by atoms with Crippen molar-refractivity contribution in [2.75, 3.05) is 13.2 Å². The number of amides is 1. The van der Waals surface area contributed by atoms with Gasteiger partial charge in [0.25, 0.3) is 0 Å². The summed E-state index contributed by atoms with van der Waals surface area (Å²) < 4.78 is 5.80. The van der Waals surface area contributed by atoms with Gasteiger partial charge in [0.2, 0.25) is 0 Å². The average molecular weight is 219 g/mol. The minimum atomic E-state index is -0.842. The van der Waals surface area contributed by atoms with Crippen LogP contribution in [0.2, 0.25) is 0 Å². The molecule has 0 aromatic heterocycles. The molecule has 0 radical (unpaired) electrons. The molecule has 1 amide bonds. The van der Waals surface area contributed by atoms with E-state index in [2.05, 4.69) is 0 Å². The summed E-state index contributed by atoms with van der Waals surface area (Å²) in [5.74, 6) is 0. The zero-order valence-corrected chi connectivity index (χ0v) is 8.80. The van der Waals surface area contributed by atoms with Crippen molar-refractivity contribution < 1.29 is 14.6 Å². The number of rotatable bonds is 1. The number of ether oxygens (including phenoxy) is 1. The molecule has 1 aromatic carbocycles. The van der Waals surface area contributed by atoms with E-state index in [4.69, 9.17) is 9.84 Å². The zero-order valence-electron chi connectivity index (χ0n) is 8.80. The molecule has 4 heteroatoms. The summed E-state index contributed by atoms with van der Waals surface area (Å²) in [5, 5.41) is 9.07. The van der Waals surface area contributed by atoms with E-state index in [1.807, 2.05) is 30.3 Å². The second kappa shape index (κ2) is 3.22. The van der Waals surface area contributed by atoms with Crippen LogP contribution in [-0.2, 0) is 10.3 Å². The largest absolute Gasteiger partial charge is 0.465 e. The van der Waals surface area contributed by atoms with Crippen LogP contribution in [0.3, 0.4) is 0 Å². The fourth-order valence-electron chi connectivity index (χ4n) is 2.73. The van der Waals surface area contributed by atoms with Gasteiger partial charge < -0.3 is 9.84 Å². The quantitative estimate of drug-likeness (QED) is 0.781. The lowest BCUT2D eigenvalue weighted by molar-refractivity contribution is -0.0430. The summed E-state index contributed by atoms with van der Waals surface area (Å²) in [6.45, 7) is 0.970. The predicted octanol–water partition coefficient (Wildman–Crippen LogP) is 1.66. The van der Waals surface area contributed by atoms with Crippen molar-refractivity contribution in [2.24, 2.45) is 0 Å². The standard InChI is InChI=1S/C12H13NO3/c14-11(15)13-8-12(6-10(13)7-16-12)9-4-2-1-3-5-9/h1-5,10H,6-8H2,(H,14,15)/t10-,12-/m0/s1.